The molecule has 5 rings (SSSR count). The minimum Gasteiger partial charge on any atom is -0.497 e. The number of pyridine rings is 1. The van der Waals surface area contributed by atoms with E-state index in [0.29, 0.717) is 33.9 Å². The van der Waals surface area contributed by atoms with Gasteiger partial charge in [0.15, 0.2) is 5.65 Å². The van der Waals surface area contributed by atoms with E-state index in [1.165, 1.54) is 0 Å². The summed E-state index contributed by atoms with van der Waals surface area (Å²) in [5.41, 5.74) is 5.25. The maximum absolute atomic E-state index is 13.4. The number of aromatic nitrogens is 3. The van der Waals surface area contributed by atoms with Crippen molar-refractivity contribution in [2.24, 2.45) is 0 Å². The molecule has 0 bridgehead atoms. The number of carbonyl (C=O) groups is 1. The summed E-state index contributed by atoms with van der Waals surface area (Å²) in [6, 6.07) is 26.8. The summed E-state index contributed by atoms with van der Waals surface area (Å²) in [4.78, 5) is 18.2. The number of aromatic amines is 1. The lowest BCUT2D eigenvalue weighted by atomic mass is 10.0. The number of hydrogen-bond acceptors (Lipinski definition) is 4. The van der Waals surface area contributed by atoms with Gasteiger partial charge in [0, 0.05) is 22.7 Å². The molecule has 0 unspecified atom stereocenters. The summed E-state index contributed by atoms with van der Waals surface area (Å²) in [6.45, 7) is 0.513. The zero-order valence-corrected chi connectivity index (χ0v) is 19.8. The highest BCUT2D eigenvalue weighted by molar-refractivity contribution is 6.30. The van der Waals surface area contributed by atoms with Crippen molar-refractivity contribution in [1.82, 2.24) is 20.5 Å². The van der Waals surface area contributed by atoms with Gasteiger partial charge in [-0.2, -0.15) is 5.10 Å². The molecule has 0 radical (unpaired) electrons. The monoisotopic (exact) mass is 482 g/mol. The molecule has 1 amide bonds. The van der Waals surface area contributed by atoms with Crippen molar-refractivity contribution in [3.63, 3.8) is 0 Å². The molecule has 2 N–H and O–H groups in total. The van der Waals surface area contributed by atoms with Gasteiger partial charge < -0.3 is 10.1 Å². The summed E-state index contributed by atoms with van der Waals surface area (Å²) >= 11 is 6.07. The second-order valence-corrected chi connectivity index (χ2v) is 8.52. The summed E-state index contributed by atoms with van der Waals surface area (Å²) in [7, 11) is 1.63. The summed E-state index contributed by atoms with van der Waals surface area (Å²) in [5.74, 6) is 0.569. The molecule has 2 heterocycles. The number of hydrogen-bond donors (Lipinski definition) is 2. The van der Waals surface area contributed by atoms with Crippen LogP contribution in [0.25, 0.3) is 33.5 Å². The number of fused-ring (bicyclic) bond motifs is 1. The average Bonchev–Trinajstić information content (AvgIpc) is 3.33. The quantitative estimate of drug-likeness (QED) is 0.301. The van der Waals surface area contributed by atoms with Crippen molar-refractivity contribution in [3.05, 3.63) is 101 Å². The summed E-state index contributed by atoms with van der Waals surface area (Å²) in [5, 5.41) is 11.9. The maximum atomic E-state index is 13.4. The van der Waals surface area contributed by atoms with Crippen LogP contribution in [0.2, 0.25) is 5.02 Å². The molecule has 0 aliphatic rings. The molecule has 0 spiro atoms. The number of rotatable bonds is 7. The van der Waals surface area contributed by atoms with Gasteiger partial charge >= 0.3 is 0 Å². The lowest BCUT2D eigenvalue weighted by Gasteiger charge is -2.10. The fraction of sp³-hybridized carbons (Fsp3) is 0.107. The Morgan fingerprint density at radius 1 is 0.971 bits per heavy atom. The number of halogens is 1. The van der Waals surface area contributed by atoms with Crippen LogP contribution in [0, 0.1) is 0 Å². The first-order valence-corrected chi connectivity index (χ1v) is 11.6. The largest absolute Gasteiger partial charge is 0.497 e. The minimum atomic E-state index is -0.181. The number of nitrogens with one attached hydrogen (secondary N) is 2. The van der Waals surface area contributed by atoms with Gasteiger partial charge in [0.2, 0.25) is 0 Å². The van der Waals surface area contributed by atoms with Gasteiger partial charge in [-0.1, -0.05) is 54.1 Å². The fourth-order valence-electron chi connectivity index (χ4n) is 4.00. The van der Waals surface area contributed by atoms with E-state index < -0.39 is 0 Å². The van der Waals surface area contributed by atoms with Crippen LogP contribution in [0.4, 0.5) is 0 Å². The van der Waals surface area contributed by atoms with Crippen molar-refractivity contribution in [1.29, 1.82) is 0 Å². The third-order valence-corrected chi connectivity index (χ3v) is 6.08. The molecule has 3 aromatic carbocycles. The van der Waals surface area contributed by atoms with E-state index in [1.807, 2.05) is 72.8 Å². The molecule has 7 heteroatoms. The van der Waals surface area contributed by atoms with Gasteiger partial charge in [0.1, 0.15) is 5.75 Å². The van der Waals surface area contributed by atoms with E-state index >= 15 is 0 Å². The van der Waals surface area contributed by atoms with Crippen LogP contribution in [-0.2, 0) is 6.42 Å². The number of methoxy groups -OCH3 is 1. The standard InChI is InChI=1S/C28H23ClN4O2/c1-35-22-13-9-20(10-14-22)26-25-23(28(34)30-16-15-18-5-3-2-4-6-18)17-24(31-27(25)33-32-26)19-7-11-21(29)12-8-19/h2-14,17H,15-16H2,1H3,(H,30,34)(H,31,32,33). The minimum absolute atomic E-state index is 0.181. The highest BCUT2D eigenvalue weighted by Gasteiger charge is 2.20. The molecule has 0 saturated heterocycles. The van der Waals surface area contributed by atoms with E-state index in [1.54, 1.807) is 19.2 Å². The summed E-state index contributed by atoms with van der Waals surface area (Å²) in [6.07, 6.45) is 0.738. The Kier molecular flexibility index (Phi) is 6.46. The molecule has 0 aliphatic carbocycles. The van der Waals surface area contributed by atoms with Gasteiger partial charge in [0.25, 0.3) is 5.91 Å². The van der Waals surface area contributed by atoms with Crippen molar-refractivity contribution < 1.29 is 9.53 Å². The van der Waals surface area contributed by atoms with Crippen LogP contribution < -0.4 is 10.1 Å². The molecule has 0 aliphatic heterocycles. The fourth-order valence-corrected chi connectivity index (χ4v) is 4.12. The molecule has 2 aromatic heterocycles. The lowest BCUT2D eigenvalue weighted by molar-refractivity contribution is 0.0955. The molecular weight excluding hydrogens is 460 g/mol. The van der Waals surface area contributed by atoms with Gasteiger partial charge in [-0.15, -0.1) is 0 Å². The van der Waals surface area contributed by atoms with Crippen LogP contribution >= 0.6 is 11.6 Å². The average molecular weight is 483 g/mol. The Bertz CT molecular complexity index is 1460. The van der Waals surface area contributed by atoms with Crippen molar-refractivity contribution in [2.45, 2.75) is 6.42 Å². The molecule has 174 valence electrons. The SMILES string of the molecule is COc1ccc(-c2[nH]nc3nc(-c4ccc(Cl)cc4)cc(C(=O)NCCc4ccccc4)c23)cc1. The van der Waals surface area contributed by atoms with Crippen LogP contribution in [0.15, 0.2) is 84.9 Å². The zero-order chi connectivity index (χ0) is 24.2. The van der Waals surface area contributed by atoms with E-state index in [0.717, 1.165) is 34.6 Å². The summed E-state index contributed by atoms with van der Waals surface area (Å²) < 4.78 is 5.28. The second kappa shape index (κ2) is 9.99. The Labute approximate surface area is 207 Å². The molecule has 5 aromatic rings. The molecule has 0 saturated carbocycles. The number of amides is 1. The van der Waals surface area contributed by atoms with E-state index in [4.69, 9.17) is 21.3 Å². The number of ether oxygens (including phenoxy) is 1. The van der Waals surface area contributed by atoms with Crippen molar-refractivity contribution >= 4 is 28.5 Å². The van der Waals surface area contributed by atoms with Gasteiger partial charge in [0.05, 0.1) is 29.4 Å². The first kappa shape index (κ1) is 22.6. The molecular formula is C28H23ClN4O2. The predicted octanol–water partition coefficient (Wildman–Crippen LogP) is 5.93. The van der Waals surface area contributed by atoms with Gasteiger partial charge in [-0.25, -0.2) is 4.98 Å². The van der Waals surface area contributed by atoms with Gasteiger partial charge in [-0.3, -0.25) is 9.89 Å². The Morgan fingerprint density at radius 3 is 2.40 bits per heavy atom. The maximum Gasteiger partial charge on any atom is 0.252 e. The Morgan fingerprint density at radius 2 is 1.69 bits per heavy atom. The van der Waals surface area contributed by atoms with E-state index in [2.05, 4.69) is 15.5 Å². The van der Waals surface area contributed by atoms with E-state index in [9.17, 15) is 4.79 Å². The zero-order valence-electron chi connectivity index (χ0n) is 19.1. The number of benzene rings is 3. The molecule has 35 heavy (non-hydrogen) atoms. The van der Waals surface area contributed by atoms with Gasteiger partial charge in [-0.05, 0) is 54.4 Å². The molecule has 6 nitrogen and oxygen atoms in total. The molecule has 0 fully saturated rings. The Balaban J connectivity index is 1.55. The first-order valence-electron chi connectivity index (χ1n) is 11.2. The van der Waals surface area contributed by atoms with Crippen molar-refractivity contribution in [2.75, 3.05) is 13.7 Å². The lowest BCUT2D eigenvalue weighted by Crippen LogP contribution is -2.26. The van der Waals surface area contributed by atoms with Crippen LogP contribution in [0.3, 0.4) is 0 Å². The first-order chi connectivity index (χ1) is 17.1. The van der Waals surface area contributed by atoms with E-state index in [-0.39, 0.29) is 5.91 Å². The smallest absolute Gasteiger partial charge is 0.252 e. The van der Waals surface area contributed by atoms with Crippen LogP contribution in [-0.4, -0.2) is 34.7 Å². The highest BCUT2D eigenvalue weighted by Crippen LogP contribution is 2.32. The number of carbonyl (C=O) groups excluding carboxylic acids is 1. The molecule has 0 atom stereocenters. The number of H-pyrrole nitrogens is 1. The predicted molar refractivity (Wildman–Crippen MR) is 139 cm³/mol. The third kappa shape index (κ3) is 4.88. The topological polar surface area (TPSA) is 79.9 Å². The third-order valence-electron chi connectivity index (χ3n) is 5.83. The van der Waals surface area contributed by atoms with Crippen molar-refractivity contribution in [3.8, 4) is 28.3 Å². The second-order valence-electron chi connectivity index (χ2n) is 8.08. The van der Waals surface area contributed by atoms with Crippen LogP contribution in [0.5, 0.6) is 5.75 Å². The highest BCUT2D eigenvalue weighted by atomic mass is 35.5. The normalized spacial score (nSPS) is 10.9. The Hall–Kier alpha value is -4.16. The number of nitrogens with zero attached hydrogens (tertiary/aromatic N) is 2. The van der Waals surface area contributed by atoms with Crippen LogP contribution in [0.1, 0.15) is 15.9 Å².